The minimum absolute atomic E-state index is 0.0298. The molecule has 1 aromatic rings. The summed E-state index contributed by atoms with van der Waals surface area (Å²) in [5, 5.41) is 26.8. The first kappa shape index (κ1) is 109. The van der Waals surface area contributed by atoms with Crippen LogP contribution in [0, 0.1) is 5.41 Å². The van der Waals surface area contributed by atoms with Crippen LogP contribution < -0.4 is 41.7 Å². The Morgan fingerprint density at radius 1 is 0.413 bits per heavy atom. The van der Waals surface area contributed by atoms with E-state index in [1.807, 2.05) is 32.4 Å². The molecule has 0 radical (unpaired) electrons. The van der Waals surface area contributed by atoms with Gasteiger partial charge in [-0.05, 0) is 77.4 Å². The molecule has 0 aromatic heterocycles. The third kappa shape index (κ3) is 40.9. The quantitative estimate of drug-likeness (QED) is 0.0146. The van der Waals surface area contributed by atoms with Crippen LogP contribution in [0.2, 0.25) is 0 Å². The van der Waals surface area contributed by atoms with Gasteiger partial charge in [0.15, 0.2) is 55.5 Å². The van der Waals surface area contributed by atoms with Gasteiger partial charge in [-0.2, -0.15) is 0 Å². The van der Waals surface area contributed by atoms with E-state index in [1.165, 1.54) is 39.1 Å². The molecule has 16 atom stereocenters. The van der Waals surface area contributed by atoms with Gasteiger partial charge in [0.05, 0.1) is 66.1 Å². The van der Waals surface area contributed by atoms with E-state index in [4.69, 9.17) is 99.7 Å². The first-order valence-corrected chi connectivity index (χ1v) is 42.2. The van der Waals surface area contributed by atoms with Gasteiger partial charge in [0.2, 0.25) is 35.4 Å². The van der Waals surface area contributed by atoms with E-state index in [1.54, 1.807) is 12.1 Å². The van der Waals surface area contributed by atoms with Crippen LogP contribution in [0.5, 0.6) is 5.75 Å². The van der Waals surface area contributed by atoms with Crippen LogP contribution in [0.25, 0.3) is 0 Å². The number of hydrogen-bond acceptors (Lipinski definition) is 38. The minimum atomic E-state index is -1.73. The third-order valence-electron chi connectivity index (χ3n) is 18.3. The number of benzene rings is 1. The Bertz CT molecular complexity index is 3430. The Labute approximate surface area is 731 Å². The number of carbonyl (C=O) groups is 16. The van der Waals surface area contributed by atoms with Gasteiger partial charge in [-0.3, -0.25) is 76.7 Å². The summed E-state index contributed by atoms with van der Waals surface area (Å²) in [6, 6.07) is 2.26. The number of nitrogens with one attached hydrogen (secondary N) is 8. The molecule has 3 aliphatic heterocycles. The summed E-state index contributed by atoms with van der Waals surface area (Å²) in [4.78, 5) is 204. The van der Waals surface area contributed by atoms with Crippen molar-refractivity contribution < 1.29 is 171 Å². The van der Waals surface area contributed by atoms with Crippen LogP contribution in [0.3, 0.4) is 0 Å². The van der Waals surface area contributed by atoms with Crippen molar-refractivity contribution >= 4 is 110 Å². The van der Waals surface area contributed by atoms with Crippen molar-refractivity contribution in [1.82, 2.24) is 41.9 Å². The highest BCUT2D eigenvalue weighted by Crippen LogP contribution is 2.46. The summed E-state index contributed by atoms with van der Waals surface area (Å²) >= 11 is 0. The second-order valence-electron chi connectivity index (χ2n) is 29.6. The normalized spacial score (nSPS) is 22.7. The maximum Gasteiger partial charge on any atom is 0.321 e. The average Bonchev–Trinajstić information content (AvgIpc) is 0.787. The predicted octanol–water partition coefficient (Wildman–Crippen LogP) is 0.693. The number of carbonyl (C=O) groups excluding carboxylic acids is 16. The van der Waals surface area contributed by atoms with Gasteiger partial charge in [-0.25, -0.2) is 4.67 Å². The lowest BCUT2D eigenvalue weighted by atomic mass is 9.82. The van der Waals surface area contributed by atoms with Gasteiger partial charge < -0.3 is 137 Å². The average molecular weight is 1820 g/mol. The zero-order valence-corrected chi connectivity index (χ0v) is 75.0. The topological polar surface area (TPSA) is 569 Å². The molecule has 1 aromatic carbocycles. The Balaban J connectivity index is 1.62. The van der Waals surface area contributed by atoms with Crippen LogP contribution >= 0.6 is 8.53 Å². The SMILES string of the molecule is CC(=O)NC1C(OCCOCCNC(=O)CCC(CCC(=O)NCCOCCOC2OC(COC(C)=O)C(OC(C)=O)C(OC(C)=O)C2NC(C)=O)(CCC(=O)NCCOCCOC2OC(COC(C)=O)C(OC(C)=O)C(OC(C)=O)C2NC(C)=O)NC(=O)c2ccc(OP(OCCC=N)N(C(C)C)C(C)C)cc2)OC(COC(C)=O)C(OC(C)=O)C1OC(C)=O. The van der Waals surface area contributed by atoms with Crippen LogP contribution in [-0.2, 0) is 162 Å². The van der Waals surface area contributed by atoms with Crippen LogP contribution in [-0.4, -0.2) is 321 Å². The predicted molar refractivity (Wildman–Crippen MR) is 435 cm³/mol. The van der Waals surface area contributed by atoms with Gasteiger partial charge in [-0.1, -0.05) is 0 Å². The van der Waals surface area contributed by atoms with E-state index < -0.39 is 221 Å². The van der Waals surface area contributed by atoms with Gasteiger partial charge in [0.1, 0.15) is 62.0 Å². The van der Waals surface area contributed by atoms with E-state index in [-0.39, 0.29) is 142 Å². The summed E-state index contributed by atoms with van der Waals surface area (Å²) in [5.74, 6) is -10.9. The second kappa shape index (κ2) is 57.1. The molecule has 8 N–H and O–H groups in total. The number of amides is 7. The molecule has 4 rings (SSSR count). The van der Waals surface area contributed by atoms with Crippen molar-refractivity contribution in [2.45, 2.75) is 265 Å². The molecule has 0 bridgehead atoms. The van der Waals surface area contributed by atoms with Crippen molar-refractivity contribution in [3.05, 3.63) is 29.8 Å². The molecule has 0 aliphatic carbocycles. The third-order valence-corrected chi connectivity index (χ3v) is 20.4. The van der Waals surface area contributed by atoms with Gasteiger partial charge in [-0.15, -0.1) is 0 Å². The Morgan fingerprint density at radius 2 is 0.714 bits per heavy atom. The maximum absolute atomic E-state index is 14.9. The lowest BCUT2D eigenvalue weighted by Crippen LogP contribution is -2.66. The summed E-state index contributed by atoms with van der Waals surface area (Å²) in [6.45, 7) is 18.3. The highest BCUT2D eigenvalue weighted by atomic mass is 31.2. The van der Waals surface area contributed by atoms with Crippen molar-refractivity contribution in [1.29, 1.82) is 5.41 Å². The first-order chi connectivity index (χ1) is 59.6. The van der Waals surface area contributed by atoms with Crippen molar-refractivity contribution in [3.8, 4) is 5.75 Å². The number of esters is 9. The molecule has 126 heavy (non-hydrogen) atoms. The molecule has 7 amide bonds. The molecule has 45 nitrogen and oxygen atoms in total. The zero-order valence-electron chi connectivity index (χ0n) is 74.1. The molecule has 3 saturated heterocycles. The fourth-order valence-electron chi connectivity index (χ4n) is 13.3. The summed E-state index contributed by atoms with van der Waals surface area (Å²) in [7, 11) is -1.73. The zero-order chi connectivity index (χ0) is 93.8. The fraction of sp³-hybridized carbons (Fsp3) is 0.713. The molecule has 3 fully saturated rings. The number of ether oxygens (including phenoxy) is 18. The largest absolute Gasteiger partial charge is 0.463 e. The van der Waals surface area contributed by atoms with Crippen LogP contribution in [0.4, 0.5) is 0 Å². The highest BCUT2D eigenvalue weighted by molar-refractivity contribution is 7.45. The minimum Gasteiger partial charge on any atom is -0.463 e. The molecule has 3 aliphatic rings. The molecular formula is C80H124N9O36P. The standard InChI is InChI=1S/C80H124N9O36P/c1-45(2)89(46(3)4)126(115-32-17-28-81)125-60-20-18-59(19-21-60)76(105)88-80(25-22-64(102)82-29-33-106-36-39-109-77-67(85-47(5)90)73(119-56(14)99)70(116-53(11)96)61(122-77)42-112-50(8)93,26-23-65(103)83-30-34-107-37-40-110-78-68(86-48(6)91)74(120-57(15)100)71(117-54(12)97)62(123-78)43-113-51(9)94)27-24-66(104)84-31-35-108-38-41-111-79-69(87-49(7)92)75(121-58(16)101)72(118-55(13)98)63(124-79)44-114-52(10)95/h18-21,28,45-46,61-63,67-75,77-79,81H,17,22-27,29-44H2,1-16H3,(H,82,102)(H,83,103)(H,84,104)(H,85,90)(H,86,91)(H,87,92)(H,88,105). The number of hydrogen-bond donors (Lipinski definition) is 8. The van der Waals surface area contributed by atoms with Crippen molar-refractivity contribution in [3.63, 3.8) is 0 Å². The molecule has 3 heterocycles. The molecular weight excluding hydrogens is 1690 g/mol. The molecule has 710 valence electrons. The first-order valence-electron chi connectivity index (χ1n) is 41.0. The van der Waals surface area contributed by atoms with E-state index in [0.717, 1.165) is 62.3 Å². The Morgan fingerprint density at radius 3 is 0.984 bits per heavy atom. The van der Waals surface area contributed by atoms with Gasteiger partial charge >= 0.3 is 62.2 Å². The van der Waals surface area contributed by atoms with Gasteiger partial charge in [0.25, 0.3) is 5.91 Å². The van der Waals surface area contributed by atoms with E-state index in [0.29, 0.717) is 12.2 Å². The van der Waals surface area contributed by atoms with Crippen molar-refractivity contribution in [2.75, 3.05) is 106 Å². The van der Waals surface area contributed by atoms with E-state index in [2.05, 4.69) is 37.2 Å². The highest BCUT2D eigenvalue weighted by Gasteiger charge is 2.55. The van der Waals surface area contributed by atoms with Crippen LogP contribution in [0.15, 0.2) is 24.3 Å². The maximum atomic E-state index is 14.9. The monoisotopic (exact) mass is 1820 g/mol. The molecule has 46 heteroatoms. The second-order valence-corrected chi connectivity index (χ2v) is 31.0. The smallest absolute Gasteiger partial charge is 0.321 e. The molecule has 16 unspecified atom stereocenters. The number of nitrogens with zero attached hydrogens (tertiary/aromatic N) is 1. The Hall–Kier alpha value is -9.80. The molecule has 0 saturated carbocycles. The van der Waals surface area contributed by atoms with Gasteiger partial charge in [0, 0.05) is 152 Å². The van der Waals surface area contributed by atoms with E-state index in [9.17, 15) is 76.7 Å². The van der Waals surface area contributed by atoms with Crippen molar-refractivity contribution in [2.24, 2.45) is 0 Å². The summed E-state index contributed by atoms with van der Waals surface area (Å²) < 4.78 is 117. The lowest BCUT2D eigenvalue weighted by Gasteiger charge is -2.44. The summed E-state index contributed by atoms with van der Waals surface area (Å²) in [6.07, 6.45) is -16.2. The fourth-order valence-corrected chi connectivity index (χ4v) is 14.9. The summed E-state index contributed by atoms with van der Waals surface area (Å²) in [5.41, 5.74) is -1.46. The Kier molecular flexibility index (Phi) is 49.2. The van der Waals surface area contributed by atoms with Crippen LogP contribution in [0.1, 0.15) is 166 Å². The lowest BCUT2D eigenvalue weighted by molar-refractivity contribution is -0.279. The number of rotatable bonds is 56. The van der Waals surface area contributed by atoms with E-state index >= 15 is 0 Å². The molecule has 0 spiro atoms.